The molecule has 2 rings (SSSR count). The molecule has 0 spiro atoms. The first kappa shape index (κ1) is 11.0. The number of aromatic hydroxyl groups is 1. The van der Waals surface area contributed by atoms with Crippen LogP contribution in [0.5, 0.6) is 5.75 Å². The largest absolute Gasteiger partial charge is 0.508 e. The Bertz CT molecular complexity index is 357. The second-order valence-electron chi connectivity index (χ2n) is 4.26. The van der Waals surface area contributed by atoms with E-state index in [1.54, 1.807) is 12.1 Å². The molecule has 15 heavy (non-hydrogen) atoms. The van der Waals surface area contributed by atoms with E-state index in [-0.39, 0.29) is 5.75 Å². The van der Waals surface area contributed by atoms with Crippen molar-refractivity contribution < 1.29 is 10.2 Å². The lowest BCUT2D eigenvalue weighted by Crippen LogP contribution is -2.28. The molecule has 1 aromatic carbocycles. The first-order valence-electron chi connectivity index (χ1n) is 5.33. The Kier molecular flexibility index (Phi) is 3.03. The molecule has 2 nitrogen and oxygen atoms in total. The van der Waals surface area contributed by atoms with Crippen LogP contribution < -0.4 is 0 Å². The predicted octanol–water partition coefficient (Wildman–Crippen LogP) is 3.31. The molecule has 3 heteroatoms. The van der Waals surface area contributed by atoms with Gasteiger partial charge in [0.05, 0.1) is 5.60 Å². The number of benzene rings is 1. The van der Waals surface area contributed by atoms with Gasteiger partial charge in [-0.2, -0.15) is 0 Å². The third-order valence-corrected chi connectivity index (χ3v) is 3.79. The van der Waals surface area contributed by atoms with E-state index in [1.165, 1.54) is 6.42 Å². The Morgan fingerprint density at radius 3 is 2.40 bits per heavy atom. The van der Waals surface area contributed by atoms with Crippen molar-refractivity contribution in [2.45, 2.75) is 37.7 Å². The number of hydrogen-bond donors (Lipinski definition) is 2. The fourth-order valence-corrected chi connectivity index (χ4v) is 3.02. The number of halogens is 1. The van der Waals surface area contributed by atoms with E-state index in [1.807, 2.05) is 6.07 Å². The highest BCUT2D eigenvalue weighted by Gasteiger charge is 2.32. The first-order chi connectivity index (χ1) is 7.12. The zero-order valence-corrected chi connectivity index (χ0v) is 10.1. The predicted molar refractivity (Wildman–Crippen MR) is 62.8 cm³/mol. The van der Waals surface area contributed by atoms with Crippen molar-refractivity contribution >= 4 is 15.9 Å². The smallest absolute Gasteiger partial charge is 0.116 e. The summed E-state index contributed by atoms with van der Waals surface area (Å²) in [5.41, 5.74) is 0.199. The Hall–Kier alpha value is -0.540. The van der Waals surface area contributed by atoms with Gasteiger partial charge in [0.1, 0.15) is 5.75 Å². The molecule has 1 aliphatic rings. The van der Waals surface area contributed by atoms with Gasteiger partial charge >= 0.3 is 0 Å². The summed E-state index contributed by atoms with van der Waals surface area (Å²) in [6, 6.07) is 5.08. The van der Waals surface area contributed by atoms with Crippen LogP contribution in [0.25, 0.3) is 0 Å². The first-order valence-corrected chi connectivity index (χ1v) is 6.12. The van der Waals surface area contributed by atoms with Gasteiger partial charge in [-0.25, -0.2) is 0 Å². The Labute approximate surface area is 98.1 Å². The lowest BCUT2D eigenvalue weighted by molar-refractivity contribution is -0.00131. The van der Waals surface area contributed by atoms with Crippen LogP contribution >= 0.6 is 15.9 Å². The van der Waals surface area contributed by atoms with Gasteiger partial charge in [0.25, 0.3) is 0 Å². The van der Waals surface area contributed by atoms with E-state index in [0.717, 1.165) is 35.7 Å². The molecule has 0 aliphatic heterocycles. The molecule has 1 aliphatic carbocycles. The monoisotopic (exact) mass is 270 g/mol. The fourth-order valence-electron chi connectivity index (χ4n) is 2.29. The summed E-state index contributed by atoms with van der Waals surface area (Å²) in [6.45, 7) is 0. The zero-order valence-electron chi connectivity index (χ0n) is 8.54. The Morgan fingerprint density at radius 1 is 1.13 bits per heavy atom. The van der Waals surface area contributed by atoms with Gasteiger partial charge in [0, 0.05) is 4.47 Å². The standard InChI is InChI=1S/C12H15BrO2/c13-11-8-9(14)4-5-10(11)12(15)6-2-1-3-7-12/h4-5,8,14-15H,1-3,6-7H2. The van der Waals surface area contributed by atoms with E-state index in [9.17, 15) is 10.2 Å². The Morgan fingerprint density at radius 2 is 1.80 bits per heavy atom. The van der Waals surface area contributed by atoms with E-state index >= 15 is 0 Å². The highest BCUT2D eigenvalue weighted by atomic mass is 79.9. The van der Waals surface area contributed by atoms with Crippen molar-refractivity contribution in [2.75, 3.05) is 0 Å². The van der Waals surface area contributed by atoms with E-state index < -0.39 is 5.60 Å². The van der Waals surface area contributed by atoms with Crippen LogP contribution in [0.15, 0.2) is 22.7 Å². The average molecular weight is 271 g/mol. The molecule has 0 heterocycles. The minimum absolute atomic E-state index is 0.227. The summed E-state index contributed by atoms with van der Waals surface area (Å²) in [5.74, 6) is 0.227. The molecule has 1 fully saturated rings. The second kappa shape index (κ2) is 4.14. The molecule has 0 saturated heterocycles. The van der Waals surface area contributed by atoms with Crippen LogP contribution in [0.3, 0.4) is 0 Å². The number of rotatable bonds is 1. The molecule has 0 radical (unpaired) electrons. The SMILES string of the molecule is Oc1ccc(C2(O)CCCCC2)c(Br)c1. The van der Waals surface area contributed by atoms with Crippen LogP contribution in [-0.2, 0) is 5.60 Å². The maximum absolute atomic E-state index is 10.5. The fraction of sp³-hybridized carbons (Fsp3) is 0.500. The summed E-state index contributed by atoms with van der Waals surface area (Å²) in [7, 11) is 0. The lowest BCUT2D eigenvalue weighted by Gasteiger charge is -2.33. The van der Waals surface area contributed by atoms with Crippen LogP contribution in [0.2, 0.25) is 0 Å². The second-order valence-corrected chi connectivity index (χ2v) is 5.11. The number of phenolic OH excluding ortho intramolecular Hbond substituents is 1. The molecule has 0 aromatic heterocycles. The molecule has 0 amide bonds. The molecular formula is C12H15BrO2. The van der Waals surface area contributed by atoms with Crippen molar-refractivity contribution in [1.29, 1.82) is 0 Å². The van der Waals surface area contributed by atoms with Gasteiger partial charge < -0.3 is 10.2 Å². The van der Waals surface area contributed by atoms with Crippen LogP contribution in [-0.4, -0.2) is 10.2 Å². The van der Waals surface area contributed by atoms with Crippen LogP contribution in [0.4, 0.5) is 0 Å². The quantitative estimate of drug-likeness (QED) is 0.822. The summed E-state index contributed by atoms with van der Waals surface area (Å²) in [4.78, 5) is 0. The molecule has 2 N–H and O–H groups in total. The third-order valence-electron chi connectivity index (χ3n) is 3.13. The number of aliphatic hydroxyl groups is 1. The molecule has 0 atom stereocenters. The summed E-state index contributed by atoms with van der Waals surface area (Å²) >= 11 is 3.40. The lowest BCUT2D eigenvalue weighted by atomic mass is 9.80. The van der Waals surface area contributed by atoms with Gasteiger partial charge in [-0.3, -0.25) is 0 Å². The average Bonchev–Trinajstić information content (AvgIpc) is 2.18. The van der Waals surface area contributed by atoms with E-state index in [0.29, 0.717) is 0 Å². The minimum Gasteiger partial charge on any atom is -0.508 e. The Balaban J connectivity index is 2.35. The van der Waals surface area contributed by atoms with Crippen LogP contribution in [0, 0.1) is 0 Å². The zero-order chi connectivity index (χ0) is 10.9. The summed E-state index contributed by atoms with van der Waals surface area (Å²) in [6.07, 6.45) is 4.98. The molecule has 0 unspecified atom stereocenters. The van der Waals surface area contributed by atoms with Crippen molar-refractivity contribution in [3.8, 4) is 5.75 Å². The highest BCUT2D eigenvalue weighted by Crippen LogP contribution is 2.40. The number of phenols is 1. The van der Waals surface area contributed by atoms with Crippen molar-refractivity contribution in [3.05, 3.63) is 28.2 Å². The molecule has 1 aromatic rings. The van der Waals surface area contributed by atoms with Crippen molar-refractivity contribution in [2.24, 2.45) is 0 Å². The minimum atomic E-state index is -0.704. The number of hydrogen-bond acceptors (Lipinski definition) is 2. The van der Waals surface area contributed by atoms with E-state index in [4.69, 9.17) is 0 Å². The molecule has 0 bridgehead atoms. The van der Waals surface area contributed by atoms with Crippen molar-refractivity contribution in [3.63, 3.8) is 0 Å². The third kappa shape index (κ3) is 2.18. The highest BCUT2D eigenvalue weighted by molar-refractivity contribution is 9.10. The van der Waals surface area contributed by atoms with E-state index in [2.05, 4.69) is 15.9 Å². The van der Waals surface area contributed by atoms with Crippen molar-refractivity contribution in [1.82, 2.24) is 0 Å². The van der Waals surface area contributed by atoms with Gasteiger partial charge in [-0.15, -0.1) is 0 Å². The topological polar surface area (TPSA) is 40.5 Å². The molecule has 1 saturated carbocycles. The summed E-state index contributed by atoms with van der Waals surface area (Å²) in [5, 5.41) is 19.8. The van der Waals surface area contributed by atoms with Gasteiger partial charge in [-0.1, -0.05) is 41.3 Å². The normalized spacial score (nSPS) is 20.1. The van der Waals surface area contributed by atoms with Gasteiger partial charge in [0.2, 0.25) is 0 Å². The van der Waals surface area contributed by atoms with Gasteiger partial charge in [-0.05, 0) is 30.5 Å². The van der Waals surface area contributed by atoms with Crippen LogP contribution in [0.1, 0.15) is 37.7 Å². The summed E-state index contributed by atoms with van der Waals surface area (Å²) < 4.78 is 0.798. The maximum Gasteiger partial charge on any atom is 0.116 e. The maximum atomic E-state index is 10.5. The molecular weight excluding hydrogens is 256 g/mol. The van der Waals surface area contributed by atoms with Gasteiger partial charge in [0.15, 0.2) is 0 Å². The molecule has 82 valence electrons.